The quantitative estimate of drug-likeness (QED) is 0.397. The fourth-order valence-corrected chi connectivity index (χ4v) is 2.67. The molecule has 152 valence electrons. The van der Waals surface area contributed by atoms with Crippen LogP contribution in [0.4, 0.5) is 0 Å². The van der Waals surface area contributed by atoms with Crippen molar-refractivity contribution < 1.29 is 28.3 Å². The summed E-state index contributed by atoms with van der Waals surface area (Å²) in [5, 5.41) is 3.91. The number of hydrogen-bond donors (Lipinski definition) is 0. The van der Waals surface area contributed by atoms with Crippen LogP contribution in [-0.4, -0.2) is 31.4 Å². The minimum Gasteiger partial charge on any atom is -0.493 e. The number of aryl methyl sites for hydroxylation is 2. The van der Waals surface area contributed by atoms with Gasteiger partial charge in [-0.1, -0.05) is 23.4 Å². The third-order valence-corrected chi connectivity index (χ3v) is 4.28. The van der Waals surface area contributed by atoms with E-state index in [1.54, 1.807) is 18.2 Å². The summed E-state index contributed by atoms with van der Waals surface area (Å²) < 4.78 is 27.1. The first-order chi connectivity index (χ1) is 14.1. The Hall–Kier alpha value is -3.48. The number of aromatic nitrogens is 1. The SMILES string of the molecule is COc1cc(C(=O)OCCOc2ccccc2)ccc1OCc1c(C)noc1C. The third-order valence-electron chi connectivity index (χ3n) is 4.28. The molecule has 7 nitrogen and oxygen atoms in total. The van der Waals surface area contributed by atoms with Gasteiger partial charge in [0.1, 0.15) is 31.3 Å². The summed E-state index contributed by atoms with van der Waals surface area (Å²) >= 11 is 0. The molecule has 0 aliphatic rings. The van der Waals surface area contributed by atoms with Crippen molar-refractivity contribution in [3.63, 3.8) is 0 Å². The Bertz CT molecular complexity index is 932. The maximum absolute atomic E-state index is 12.3. The summed E-state index contributed by atoms with van der Waals surface area (Å²) in [4.78, 5) is 12.3. The van der Waals surface area contributed by atoms with Crippen LogP contribution >= 0.6 is 0 Å². The summed E-state index contributed by atoms with van der Waals surface area (Å²) in [6.07, 6.45) is 0. The number of hydrogen-bond acceptors (Lipinski definition) is 7. The molecular weight excluding hydrogens is 374 g/mol. The van der Waals surface area contributed by atoms with Crippen molar-refractivity contribution in [2.45, 2.75) is 20.5 Å². The van der Waals surface area contributed by atoms with E-state index in [1.807, 2.05) is 44.2 Å². The van der Waals surface area contributed by atoms with Crippen LogP contribution in [0.2, 0.25) is 0 Å². The Balaban J connectivity index is 1.55. The number of benzene rings is 2. The molecule has 0 atom stereocenters. The number of rotatable bonds is 9. The molecule has 0 radical (unpaired) electrons. The lowest BCUT2D eigenvalue weighted by atomic mass is 10.2. The Morgan fingerprint density at radius 3 is 2.48 bits per heavy atom. The molecule has 0 saturated carbocycles. The fraction of sp³-hybridized carbons (Fsp3) is 0.273. The van der Waals surface area contributed by atoms with E-state index in [1.165, 1.54) is 7.11 Å². The molecule has 1 aromatic heterocycles. The van der Waals surface area contributed by atoms with E-state index in [4.69, 9.17) is 23.5 Å². The average molecular weight is 397 g/mol. The summed E-state index contributed by atoms with van der Waals surface area (Å²) in [6.45, 7) is 4.38. The molecule has 3 rings (SSSR count). The van der Waals surface area contributed by atoms with Crippen molar-refractivity contribution in [1.29, 1.82) is 0 Å². The van der Waals surface area contributed by atoms with Gasteiger partial charge in [-0.05, 0) is 44.2 Å². The Kier molecular flexibility index (Phi) is 6.73. The molecule has 7 heteroatoms. The smallest absolute Gasteiger partial charge is 0.338 e. The average Bonchev–Trinajstić information content (AvgIpc) is 3.07. The first-order valence-electron chi connectivity index (χ1n) is 9.16. The van der Waals surface area contributed by atoms with E-state index in [0.29, 0.717) is 22.8 Å². The lowest BCUT2D eigenvalue weighted by molar-refractivity contribution is 0.0450. The van der Waals surface area contributed by atoms with Crippen LogP contribution in [0.15, 0.2) is 53.1 Å². The van der Waals surface area contributed by atoms with Crippen molar-refractivity contribution in [3.05, 3.63) is 71.1 Å². The predicted octanol–water partition coefficient (Wildman–Crippen LogP) is 4.11. The van der Waals surface area contributed by atoms with Gasteiger partial charge in [-0.15, -0.1) is 0 Å². The standard InChI is InChI=1S/C22H23NO6/c1-15-19(16(2)29-23-15)14-28-20-10-9-17(13-21(20)25-3)22(24)27-12-11-26-18-7-5-4-6-8-18/h4-10,13H,11-12,14H2,1-3H3. The highest BCUT2D eigenvalue weighted by atomic mass is 16.6. The van der Waals surface area contributed by atoms with Gasteiger partial charge in [-0.25, -0.2) is 4.79 Å². The van der Waals surface area contributed by atoms with Gasteiger partial charge in [0, 0.05) is 0 Å². The highest BCUT2D eigenvalue weighted by Gasteiger charge is 2.15. The zero-order valence-corrected chi connectivity index (χ0v) is 16.6. The van der Waals surface area contributed by atoms with Crippen LogP contribution in [0, 0.1) is 13.8 Å². The molecule has 0 N–H and O–H groups in total. The van der Waals surface area contributed by atoms with Crippen molar-refractivity contribution in [2.75, 3.05) is 20.3 Å². The third kappa shape index (κ3) is 5.28. The summed E-state index contributed by atoms with van der Waals surface area (Å²) in [5.74, 6) is 1.92. The maximum atomic E-state index is 12.3. The summed E-state index contributed by atoms with van der Waals surface area (Å²) in [5.41, 5.74) is 2.03. The lowest BCUT2D eigenvalue weighted by Gasteiger charge is -2.12. The van der Waals surface area contributed by atoms with Gasteiger partial charge in [-0.2, -0.15) is 0 Å². The van der Waals surface area contributed by atoms with Crippen LogP contribution in [-0.2, 0) is 11.3 Å². The van der Waals surface area contributed by atoms with Gasteiger partial charge in [0.15, 0.2) is 11.5 Å². The van der Waals surface area contributed by atoms with E-state index in [9.17, 15) is 4.79 Å². The van der Waals surface area contributed by atoms with E-state index in [0.717, 1.165) is 17.0 Å². The number of esters is 1. The highest BCUT2D eigenvalue weighted by molar-refractivity contribution is 5.90. The number of carbonyl (C=O) groups is 1. The number of carbonyl (C=O) groups excluding carboxylic acids is 1. The molecule has 0 fully saturated rings. The van der Waals surface area contributed by atoms with Crippen LogP contribution in [0.25, 0.3) is 0 Å². The Morgan fingerprint density at radius 2 is 1.79 bits per heavy atom. The van der Waals surface area contributed by atoms with Gasteiger partial charge in [-0.3, -0.25) is 0 Å². The van der Waals surface area contributed by atoms with Crippen LogP contribution in [0.5, 0.6) is 17.2 Å². The largest absolute Gasteiger partial charge is 0.493 e. The van der Waals surface area contributed by atoms with Crippen molar-refractivity contribution >= 4 is 5.97 Å². The summed E-state index contributed by atoms with van der Waals surface area (Å²) in [6, 6.07) is 14.2. The number of para-hydroxylation sites is 1. The van der Waals surface area contributed by atoms with E-state index in [2.05, 4.69) is 5.16 Å². The molecule has 1 heterocycles. The topological polar surface area (TPSA) is 80.0 Å². The zero-order chi connectivity index (χ0) is 20.6. The first-order valence-corrected chi connectivity index (χ1v) is 9.16. The van der Waals surface area contributed by atoms with Gasteiger partial charge in [0.25, 0.3) is 0 Å². The molecule has 0 bridgehead atoms. The van der Waals surface area contributed by atoms with E-state index < -0.39 is 5.97 Å². The molecule has 0 aliphatic carbocycles. The molecule has 0 spiro atoms. The number of nitrogens with zero attached hydrogens (tertiary/aromatic N) is 1. The molecule has 0 saturated heterocycles. The summed E-state index contributed by atoms with van der Waals surface area (Å²) in [7, 11) is 1.51. The fourth-order valence-electron chi connectivity index (χ4n) is 2.67. The second-order valence-corrected chi connectivity index (χ2v) is 6.25. The lowest BCUT2D eigenvalue weighted by Crippen LogP contribution is -2.12. The van der Waals surface area contributed by atoms with E-state index >= 15 is 0 Å². The molecule has 0 aliphatic heterocycles. The first kappa shape index (κ1) is 20.3. The molecule has 3 aromatic rings. The normalized spacial score (nSPS) is 10.4. The van der Waals surface area contributed by atoms with Crippen LogP contribution in [0.3, 0.4) is 0 Å². The zero-order valence-electron chi connectivity index (χ0n) is 16.6. The number of methoxy groups -OCH3 is 1. The predicted molar refractivity (Wildman–Crippen MR) is 106 cm³/mol. The number of ether oxygens (including phenoxy) is 4. The van der Waals surface area contributed by atoms with Crippen molar-refractivity contribution in [1.82, 2.24) is 5.16 Å². The van der Waals surface area contributed by atoms with Gasteiger partial charge in [0.2, 0.25) is 0 Å². The van der Waals surface area contributed by atoms with Gasteiger partial charge in [0.05, 0.1) is 23.9 Å². The Morgan fingerprint density at radius 1 is 1.00 bits per heavy atom. The van der Waals surface area contributed by atoms with Gasteiger partial charge < -0.3 is 23.5 Å². The van der Waals surface area contributed by atoms with Crippen molar-refractivity contribution in [3.8, 4) is 17.2 Å². The molecule has 2 aromatic carbocycles. The van der Waals surface area contributed by atoms with Crippen LogP contribution in [0.1, 0.15) is 27.4 Å². The molecule has 0 amide bonds. The minimum absolute atomic E-state index is 0.139. The molecule has 29 heavy (non-hydrogen) atoms. The van der Waals surface area contributed by atoms with E-state index in [-0.39, 0.29) is 19.8 Å². The second kappa shape index (κ2) is 9.64. The Labute approximate surface area is 169 Å². The van der Waals surface area contributed by atoms with Crippen LogP contribution < -0.4 is 14.2 Å². The van der Waals surface area contributed by atoms with Gasteiger partial charge >= 0.3 is 5.97 Å². The molecular formula is C22H23NO6. The monoisotopic (exact) mass is 397 g/mol. The molecule has 0 unspecified atom stereocenters. The second-order valence-electron chi connectivity index (χ2n) is 6.25. The highest BCUT2D eigenvalue weighted by Crippen LogP contribution is 2.29. The maximum Gasteiger partial charge on any atom is 0.338 e. The van der Waals surface area contributed by atoms with Crippen molar-refractivity contribution in [2.24, 2.45) is 0 Å². The minimum atomic E-state index is -0.461.